The molecular formula is C18H17BrClN3O3. The molecule has 0 bridgehead atoms. The second kappa shape index (κ2) is 8.91. The second-order valence-electron chi connectivity index (χ2n) is 5.54. The van der Waals surface area contributed by atoms with Crippen molar-refractivity contribution < 1.29 is 13.9 Å². The van der Waals surface area contributed by atoms with Crippen LogP contribution < -0.4 is 10.1 Å². The van der Waals surface area contributed by atoms with Crippen molar-refractivity contribution in [1.29, 1.82) is 0 Å². The smallest absolute Gasteiger partial charge is 0.286 e. The van der Waals surface area contributed by atoms with Gasteiger partial charge in [0, 0.05) is 24.3 Å². The molecule has 1 N–H and O–H groups in total. The number of ether oxygens (including phenoxy) is 1. The van der Waals surface area contributed by atoms with E-state index in [1.54, 1.807) is 42.6 Å². The molecule has 26 heavy (non-hydrogen) atoms. The summed E-state index contributed by atoms with van der Waals surface area (Å²) in [5.41, 5.74) is 0. The highest BCUT2D eigenvalue weighted by Gasteiger charge is 2.11. The number of hydrogen-bond donors (Lipinski definition) is 1. The van der Waals surface area contributed by atoms with Gasteiger partial charge in [0.15, 0.2) is 5.76 Å². The maximum Gasteiger partial charge on any atom is 0.286 e. The largest absolute Gasteiger partial charge is 0.486 e. The van der Waals surface area contributed by atoms with Gasteiger partial charge in [-0.1, -0.05) is 17.7 Å². The summed E-state index contributed by atoms with van der Waals surface area (Å²) in [4.78, 5) is 12.1. The van der Waals surface area contributed by atoms with Crippen LogP contribution in [0.4, 0.5) is 0 Å². The van der Waals surface area contributed by atoms with E-state index in [-0.39, 0.29) is 18.3 Å². The van der Waals surface area contributed by atoms with Crippen LogP contribution in [0.2, 0.25) is 5.02 Å². The lowest BCUT2D eigenvalue weighted by molar-refractivity contribution is 0.0921. The Morgan fingerprint density at radius 2 is 2.23 bits per heavy atom. The van der Waals surface area contributed by atoms with Gasteiger partial charge in [-0.3, -0.25) is 9.48 Å². The lowest BCUT2D eigenvalue weighted by Gasteiger charge is -2.05. The summed E-state index contributed by atoms with van der Waals surface area (Å²) in [6, 6.07) is 10.5. The Kier molecular flexibility index (Phi) is 6.35. The van der Waals surface area contributed by atoms with E-state index < -0.39 is 0 Å². The summed E-state index contributed by atoms with van der Waals surface area (Å²) >= 11 is 9.25. The zero-order valence-corrected chi connectivity index (χ0v) is 16.2. The molecular weight excluding hydrogens is 422 g/mol. The van der Waals surface area contributed by atoms with Gasteiger partial charge in [-0.2, -0.15) is 5.10 Å². The number of rotatable bonds is 8. The van der Waals surface area contributed by atoms with E-state index in [1.807, 2.05) is 10.9 Å². The first-order valence-electron chi connectivity index (χ1n) is 8.03. The summed E-state index contributed by atoms with van der Waals surface area (Å²) in [5, 5.41) is 7.59. The molecule has 0 aliphatic rings. The van der Waals surface area contributed by atoms with Crippen LogP contribution >= 0.6 is 27.5 Å². The van der Waals surface area contributed by atoms with Crippen LogP contribution in [0.1, 0.15) is 22.7 Å². The lowest BCUT2D eigenvalue weighted by atomic mass is 10.3. The number of nitrogens with one attached hydrogen (secondary N) is 1. The number of nitrogens with zero attached hydrogens (tertiary/aromatic N) is 2. The third kappa shape index (κ3) is 5.37. The maximum absolute atomic E-state index is 12.1. The lowest BCUT2D eigenvalue weighted by Crippen LogP contribution is -2.24. The Morgan fingerprint density at radius 3 is 3.00 bits per heavy atom. The molecule has 0 saturated carbocycles. The van der Waals surface area contributed by atoms with Crippen molar-refractivity contribution in [2.24, 2.45) is 0 Å². The van der Waals surface area contributed by atoms with E-state index in [0.717, 1.165) is 17.4 Å². The Balaban J connectivity index is 1.42. The summed E-state index contributed by atoms with van der Waals surface area (Å²) in [6.07, 6.45) is 4.39. The van der Waals surface area contributed by atoms with E-state index in [1.165, 1.54) is 0 Å². The Labute approximate surface area is 164 Å². The number of amides is 1. The first-order valence-corrected chi connectivity index (χ1v) is 9.20. The highest BCUT2D eigenvalue weighted by atomic mass is 79.9. The zero-order chi connectivity index (χ0) is 18.4. The van der Waals surface area contributed by atoms with Crippen LogP contribution in [-0.4, -0.2) is 22.2 Å². The first-order chi connectivity index (χ1) is 12.6. The van der Waals surface area contributed by atoms with Crippen LogP contribution in [-0.2, 0) is 13.2 Å². The van der Waals surface area contributed by atoms with Gasteiger partial charge in [-0.15, -0.1) is 0 Å². The molecule has 2 heterocycles. The van der Waals surface area contributed by atoms with Crippen LogP contribution in [0.15, 0.2) is 57.7 Å². The van der Waals surface area contributed by atoms with Crippen molar-refractivity contribution in [3.05, 3.63) is 69.8 Å². The molecule has 0 fully saturated rings. The molecule has 8 heteroatoms. The fourth-order valence-electron chi connectivity index (χ4n) is 2.28. The normalized spacial score (nSPS) is 10.7. The molecule has 3 rings (SSSR count). The molecule has 0 atom stereocenters. The van der Waals surface area contributed by atoms with E-state index >= 15 is 0 Å². The molecule has 0 aliphatic carbocycles. The summed E-state index contributed by atoms with van der Waals surface area (Å²) in [6.45, 7) is 1.48. The predicted molar refractivity (Wildman–Crippen MR) is 101 cm³/mol. The van der Waals surface area contributed by atoms with E-state index in [2.05, 4.69) is 26.3 Å². The molecule has 0 saturated heterocycles. The van der Waals surface area contributed by atoms with Crippen LogP contribution in [0.25, 0.3) is 0 Å². The number of aromatic nitrogens is 2. The highest BCUT2D eigenvalue weighted by molar-refractivity contribution is 9.10. The van der Waals surface area contributed by atoms with E-state index in [0.29, 0.717) is 23.1 Å². The topological polar surface area (TPSA) is 69.3 Å². The monoisotopic (exact) mass is 437 g/mol. The minimum atomic E-state index is -0.249. The third-order valence-electron chi connectivity index (χ3n) is 3.51. The van der Waals surface area contributed by atoms with Gasteiger partial charge in [0.05, 0.1) is 10.7 Å². The van der Waals surface area contributed by atoms with Crippen molar-refractivity contribution >= 4 is 33.4 Å². The number of aryl methyl sites for hydroxylation is 1. The molecule has 6 nitrogen and oxygen atoms in total. The third-order valence-corrected chi connectivity index (χ3v) is 4.16. The quantitative estimate of drug-likeness (QED) is 0.533. The number of carbonyl (C=O) groups excluding carboxylic acids is 1. The van der Waals surface area contributed by atoms with Gasteiger partial charge >= 0.3 is 0 Å². The molecule has 136 valence electrons. The molecule has 1 aromatic carbocycles. The number of furan rings is 1. The van der Waals surface area contributed by atoms with Gasteiger partial charge in [-0.25, -0.2) is 0 Å². The molecule has 2 aromatic heterocycles. The minimum absolute atomic E-state index is 0.224. The zero-order valence-electron chi connectivity index (χ0n) is 13.8. The maximum atomic E-state index is 12.1. The standard InChI is InChI=1S/C18H17BrClN3O3/c19-13-10-22-23(11-13)8-2-7-21-18(24)17-6-5-16(26-17)12-25-15-4-1-3-14(20)9-15/h1,3-6,9-11H,2,7-8,12H2,(H,21,24). The van der Waals surface area contributed by atoms with Crippen molar-refractivity contribution in [2.45, 2.75) is 19.6 Å². The van der Waals surface area contributed by atoms with Crippen molar-refractivity contribution in [3.8, 4) is 5.75 Å². The minimum Gasteiger partial charge on any atom is -0.486 e. The van der Waals surface area contributed by atoms with Crippen molar-refractivity contribution in [3.63, 3.8) is 0 Å². The Morgan fingerprint density at radius 1 is 1.35 bits per heavy atom. The first kappa shape index (κ1) is 18.5. The molecule has 0 unspecified atom stereocenters. The van der Waals surface area contributed by atoms with Gasteiger partial charge in [0.2, 0.25) is 0 Å². The molecule has 0 spiro atoms. The number of hydrogen-bond acceptors (Lipinski definition) is 4. The van der Waals surface area contributed by atoms with Crippen LogP contribution in [0.5, 0.6) is 5.75 Å². The number of benzene rings is 1. The summed E-state index contributed by atoms with van der Waals surface area (Å²) in [5.74, 6) is 1.22. The van der Waals surface area contributed by atoms with Crippen molar-refractivity contribution in [1.82, 2.24) is 15.1 Å². The fourth-order valence-corrected chi connectivity index (χ4v) is 2.79. The predicted octanol–water partition coefficient (Wildman–Crippen LogP) is 4.29. The Bertz CT molecular complexity index is 878. The Hall–Kier alpha value is -2.25. The van der Waals surface area contributed by atoms with Gasteiger partial charge < -0.3 is 14.5 Å². The fraction of sp³-hybridized carbons (Fsp3) is 0.222. The highest BCUT2D eigenvalue weighted by Crippen LogP contribution is 2.19. The number of halogens is 2. The molecule has 1 amide bonds. The van der Waals surface area contributed by atoms with Crippen LogP contribution in [0.3, 0.4) is 0 Å². The average molecular weight is 439 g/mol. The molecule has 0 radical (unpaired) electrons. The SMILES string of the molecule is O=C(NCCCn1cc(Br)cn1)c1ccc(COc2cccc(Cl)c2)o1. The van der Waals surface area contributed by atoms with E-state index in [4.69, 9.17) is 20.8 Å². The summed E-state index contributed by atoms with van der Waals surface area (Å²) < 4.78 is 13.9. The van der Waals surface area contributed by atoms with Gasteiger partial charge in [0.25, 0.3) is 5.91 Å². The van der Waals surface area contributed by atoms with Crippen LogP contribution in [0, 0.1) is 0 Å². The van der Waals surface area contributed by atoms with Crippen molar-refractivity contribution in [2.75, 3.05) is 6.54 Å². The van der Waals surface area contributed by atoms with Gasteiger partial charge in [0.1, 0.15) is 18.1 Å². The average Bonchev–Trinajstić information content (AvgIpc) is 3.26. The second-order valence-corrected chi connectivity index (χ2v) is 6.90. The summed E-state index contributed by atoms with van der Waals surface area (Å²) in [7, 11) is 0. The molecule has 3 aromatic rings. The molecule has 0 aliphatic heterocycles. The number of carbonyl (C=O) groups is 1. The van der Waals surface area contributed by atoms with E-state index in [9.17, 15) is 4.79 Å². The van der Waals surface area contributed by atoms with Gasteiger partial charge in [-0.05, 0) is 52.7 Å².